The van der Waals surface area contributed by atoms with E-state index in [1.165, 1.54) is 0 Å². The molecular formula is C9H6Br2ClN3. The Morgan fingerprint density at radius 1 is 1.20 bits per heavy atom. The Bertz CT molecular complexity index is 467. The maximum atomic E-state index is 5.97. The van der Waals surface area contributed by atoms with Crippen LogP contribution in [0.2, 0.25) is 5.15 Å². The smallest absolute Gasteiger partial charge is 0.167 e. The van der Waals surface area contributed by atoms with E-state index in [1.807, 2.05) is 24.3 Å². The molecule has 6 heteroatoms. The first-order chi connectivity index (χ1) is 7.16. The Morgan fingerprint density at radius 2 is 1.87 bits per heavy atom. The quantitative estimate of drug-likeness (QED) is 0.829. The average molecular weight is 351 g/mol. The van der Waals surface area contributed by atoms with Crippen LogP contribution in [0.5, 0.6) is 0 Å². The summed E-state index contributed by atoms with van der Waals surface area (Å²) in [4.78, 5) is 0. The molecule has 0 radical (unpaired) electrons. The molecule has 2 rings (SSSR count). The number of nitrogens with zero attached hydrogens (tertiary/aromatic N) is 3. The van der Waals surface area contributed by atoms with Crippen LogP contribution in [-0.4, -0.2) is 15.0 Å². The van der Waals surface area contributed by atoms with Crippen LogP contribution in [0.15, 0.2) is 33.3 Å². The molecule has 0 unspecified atom stereocenters. The fraction of sp³-hybridized carbons (Fsp3) is 0.111. The van der Waals surface area contributed by atoms with Crippen LogP contribution in [-0.2, 0) is 6.54 Å². The molecule has 2 aromatic rings. The zero-order chi connectivity index (χ0) is 10.8. The van der Waals surface area contributed by atoms with Crippen molar-refractivity contribution in [2.45, 2.75) is 6.54 Å². The molecule has 0 fully saturated rings. The second-order valence-corrected chi connectivity index (χ2v) is 4.98. The average Bonchev–Trinajstić information content (AvgIpc) is 2.53. The van der Waals surface area contributed by atoms with Gasteiger partial charge in [0.1, 0.15) is 0 Å². The van der Waals surface area contributed by atoms with Crippen molar-refractivity contribution >= 4 is 43.5 Å². The lowest BCUT2D eigenvalue weighted by Gasteiger charge is -2.02. The van der Waals surface area contributed by atoms with E-state index >= 15 is 0 Å². The van der Waals surface area contributed by atoms with Crippen LogP contribution in [0.1, 0.15) is 5.56 Å². The van der Waals surface area contributed by atoms with Gasteiger partial charge in [-0.1, -0.05) is 44.9 Å². The Balaban J connectivity index is 2.22. The summed E-state index contributed by atoms with van der Waals surface area (Å²) < 4.78 is 3.26. The fourth-order valence-electron chi connectivity index (χ4n) is 1.14. The van der Waals surface area contributed by atoms with Crippen molar-refractivity contribution in [3.05, 3.63) is 44.1 Å². The molecule has 0 aliphatic carbocycles. The van der Waals surface area contributed by atoms with Gasteiger partial charge in [0.25, 0.3) is 0 Å². The topological polar surface area (TPSA) is 30.7 Å². The van der Waals surface area contributed by atoms with Crippen LogP contribution in [0, 0.1) is 0 Å². The summed E-state index contributed by atoms with van der Waals surface area (Å²) in [6, 6.07) is 7.98. The fourth-order valence-corrected chi connectivity index (χ4v) is 1.82. The predicted molar refractivity (Wildman–Crippen MR) is 66.0 cm³/mol. The van der Waals surface area contributed by atoms with Crippen LogP contribution in [0.4, 0.5) is 0 Å². The van der Waals surface area contributed by atoms with E-state index in [2.05, 4.69) is 42.2 Å². The highest BCUT2D eigenvalue weighted by Gasteiger charge is 2.07. The van der Waals surface area contributed by atoms with Crippen LogP contribution < -0.4 is 0 Å². The Morgan fingerprint density at radius 3 is 2.40 bits per heavy atom. The maximum Gasteiger partial charge on any atom is 0.167 e. The molecule has 1 heterocycles. The molecule has 0 saturated carbocycles. The molecule has 0 bridgehead atoms. The van der Waals surface area contributed by atoms with Crippen molar-refractivity contribution in [3.8, 4) is 0 Å². The van der Waals surface area contributed by atoms with Gasteiger partial charge in [-0.2, -0.15) is 0 Å². The number of halogens is 3. The van der Waals surface area contributed by atoms with Gasteiger partial charge in [-0.25, -0.2) is 4.68 Å². The first-order valence-corrected chi connectivity index (χ1v) is 6.12. The summed E-state index contributed by atoms with van der Waals surface area (Å²) in [6.45, 7) is 0.616. The van der Waals surface area contributed by atoms with E-state index < -0.39 is 0 Å². The van der Waals surface area contributed by atoms with Gasteiger partial charge in [-0.05, 0) is 33.6 Å². The van der Waals surface area contributed by atoms with Gasteiger partial charge < -0.3 is 0 Å². The highest BCUT2D eigenvalue weighted by molar-refractivity contribution is 9.10. The zero-order valence-electron chi connectivity index (χ0n) is 7.49. The van der Waals surface area contributed by atoms with Crippen molar-refractivity contribution in [1.82, 2.24) is 15.0 Å². The predicted octanol–water partition coefficient (Wildman–Crippen LogP) is 3.50. The third-order valence-electron chi connectivity index (χ3n) is 1.88. The number of benzene rings is 1. The number of aromatic nitrogens is 3. The lowest BCUT2D eigenvalue weighted by atomic mass is 10.2. The molecule has 0 N–H and O–H groups in total. The normalized spacial score (nSPS) is 10.6. The first-order valence-electron chi connectivity index (χ1n) is 4.16. The minimum atomic E-state index is 0.512. The summed E-state index contributed by atoms with van der Waals surface area (Å²) in [5.74, 6) is 0. The van der Waals surface area contributed by atoms with Gasteiger partial charge in [0.15, 0.2) is 9.76 Å². The zero-order valence-corrected chi connectivity index (χ0v) is 11.4. The molecule has 0 aliphatic heterocycles. The van der Waals surface area contributed by atoms with Crippen molar-refractivity contribution < 1.29 is 0 Å². The molecule has 0 aliphatic rings. The van der Waals surface area contributed by atoms with Crippen LogP contribution in [0.25, 0.3) is 0 Å². The van der Waals surface area contributed by atoms with E-state index in [4.69, 9.17) is 11.6 Å². The molecule has 0 spiro atoms. The molecule has 1 aromatic heterocycles. The van der Waals surface area contributed by atoms with Crippen molar-refractivity contribution in [2.24, 2.45) is 0 Å². The monoisotopic (exact) mass is 349 g/mol. The lowest BCUT2D eigenvalue weighted by Crippen LogP contribution is -2.01. The second-order valence-electron chi connectivity index (χ2n) is 2.96. The molecule has 0 saturated heterocycles. The number of rotatable bonds is 2. The molecule has 15 heavy (non-hydrogen) atoms. The summed E-state index contributed by atoms with van der Waals surface area (Å²) in [5.41, 5.74) is 1.12. The lowest BCUT2D eigenvalue weighted by molar-refractivity contribution is 0.650. The van der Waals surface area contributed by atoms with E-state index in [0.717, 1.165) is 10.0 Å². The number of hydrogen-bond acceptors (Lipinski definition) is 2. The molecule has 0 amide bonds. The van der Waals surface area contributed by atoms with Crippen molar-refractivity contribution in [3.63, 3.8) is 0 Å². The molecule has 1 aromatic carbocycles. The van der Waals surface area contributed by atoms with Gasteiger partial charge in [0, 0.05) is 4.47 Å². The summed E-state index contributed by atoms with van der Waals surface area (Å²) in [5, 5.41) is 8.24. The minimum absolute atomic E-state index is 0.512. The van der Waals surface area contributed by atoms with E-state index in [-0.39, 0.29) is 0 Å². The van der Waals surface area contributed by atoms with Gasteiger partial charge >= 0.3 is 0 Å². The minimum Gasteiger partial charge on any atom is -0.228 e. The van der Waals surface area contributed by atoms with Crippen molar-refractivity contribution in [2.75, 3.05) is 0 Å². The summed E-state index contributed by atoms with van der Waals surface area (Å²) in [6.07, 6.45) is 0. The largest absolute Gasteiger partial charge is 0.228 e. The molecular weight excluding hydrogens is 345 g/mol. The SMILES string of the molecule is Clc1c(Br)nnn1Cc1ccc(Br)cc1. The van der Waals surface area contributed by atoms with Gasteiger partial charge in [0.2, 0.25) is 0 Å². The van der Waals surface area contributed by atoms with Gasteiger partial charge in [-0.15, -0.1) is 5.10 Å². The standard InChI is InChI=1S/C9H6Br2ClN3/c10-7-3-1-6(2-4-7)5-15-9(12)8(11)13-14-15/h1-4H,5H2. The Hall–Kier alpha value is -0.390. The molecule has 0 atom stereocenters. The third kappa shape index (κ3) is 2.59. The van der Waals surface area contributed by atoms with Crippen LogP contribution in [0.3, 0.4) is 0 Å². The highest BCUT2D eigenvalue weighted by atomic mass is 79.9. The van der Waals surface area contributed by atoms with Gasteiger partial charge in [0.05, 0.1) is 6.54 Å². The van der Waals surface area contributed by atoms with E-state index in [1.54, 1.807) is 4.68 Å². The Kier molecular flexibility index (Phi) is 3.43. The summed E-state index contributed by atoms with van der Waals surface area (Å²) >= 11 is 12.6. The summed E-state index contributed by atoms with van der Waals surface area (Å²) in [7, 11) is 0. The van der Waals surface area contributed by atoms with Crippen LogP contribution >= 0.6 is 43.5 Å². The maximum absolute atomic E-state index is 5.97. The van der Waals surface area contributed by atoms with Gasteiger partial charge in [-0.3, -0.25) is 0 Å². The molecule has 3 nitrogen and oxygen atoms in total. The van der Waals surface area contributed by atoms with Crippen molar-refractivity contribution in [1.29, 1.82) is 0 Å². The molecule has 78 valence electrons. The van der Waals surface area contributed by atoms with E-state index in [0.29, 0.717) is 16.3 Å². The highest BCUT2D eigenvalue weighted by Crippen LogP contribution is 2.20. The van der Waals surface area contributed by atoms with E-state index in [9.17, 15) is 0 Å². The first kappa shape index (κ1) is 11.1. The third-order valence-corrected chi connectivity index (χ3v) is 3.55. The second kappa shape index (κ2) is 4.63. The Labute approximate surface area is 109 Å². The number of hydrogen-bond donors (Lipinski definition) is 0.